The minimum absolute atomic E-state index is 0.0916. The Morgan fingerprint density at radius 2 is 1.62 bits per heavy atom. The second-order valence-corrected chi connectivity index (χ2v) is 12.2. The number of hydrogen-bond acceptors (Lipinski definition) is 6. The Morgan fingerprint density at radius 3 is 2.26 bits per heavy atom. The molecule has 0 spiro atoms. The highest BCUT2D eigenvalue weighted by Crippen LogP contribution is 2.17. The summed E-state index contributed by atoms with van der Waals surface area (Å²) < 4.78 is 11.4. The SMILES string of the molecule is CC(C)CCN(C)[C@@H](CC(C)C)C(=O)N[C@@H](Cc1ccc(OCc2ccccc2)cc1)C(=O)NCCN1CCOCC1. The normalized spacial score (nSPS) is 15.5. The molecule has 2 atom stereocenters. The van der Waals surface area contributed by atoms with Crippen molar-refractivity contribution in [2.45, 2.75) is 65.6 Å². The summed E-state index contributed by atoms with van der Waals surface area (Å²) in [7, 11) is 2.01. The van der Waals surface area contributed by atoms with Crippen LogP contribution >= 0.6 is 0 Å². The predicted molar refractivity (Wildman–Crippen MR) is 168 cm³/mol. The Bertz CT molecular complexity index is 1050. The van der Waals surface area contributed by atoms with Gasteiger partial charge in [0.25, 0.3) is 0 Å². The molecule has 0 bridgehead atoms. The molecule has 2 N–H and O–H groups in total. The molecule has 42 heavy (non-hydrogen) atoms. The fourth-order valence-electron chi connectivity index (χ4n) is 5.01. The van der Waals surface area contributed by atoms with Crippen molar-refractivity contribution in [1.82, 2.24) is 20.4 Å². The zero-order valence-corrected chi connectivity index (χ0v) is 26.3. The highest BCUT2D eigenvalue weighted by molar-refractivity contribution is 5.90. The number of nitrogens with zero attached hydrogens (tertiary/aromatic N) is 2. The van der Waals surface area contributed by atoms with Gasteiger partial charge in [-0.25, -0.2) is 0 Å². The standard InChI is InChI=1S/C34H52N4O4/c1-26(2)15-17-37(5)32(23-27(3)4)34(40)36-31(33(39)35-16-18-38-19-21-41-22-20-38)24-28-11-13-30(14-12-28)42-25-29-9-7-6-8-10-29/h6-14,26-27,31-32H,15-25H2,1-5H3,(H,35,39)(H,36,40)/t31-,32-/m0/s1. The maximum atomic E-state index is 13.7. The van der Waals surface area contributed by atoms with Gasteiger partial charge in [-0.3, -0.25) is 19.4 Å². The summed E-state index contributed by atoms with van der Waals surface area (Å²) in [6, 6.07) is 16.9. The van der Waals surface area contributed by atoms with Gasteiger partial charge in [0.05, 0.1) is 19.3 Å². The smallest absolute Gasteiger partial charge is 0.242 e. The first kappa shape index (κ1) is 33.6. The molecule has 2 amide bonds. The van der Waals surface area contributed by atoms with Crippen LogP contribution in [0.25, 0.3) is 0 Å². The number of rotatable bonds is 17. The van der Waals surface area contributed by atoms with Gasteiger partial charge in [-0.2, -0.15) is 0 Å². The number of carbonyl (C=O) groups is 2. The van der Waals surface area contributed by atoms with E-state index in [1.807, 2.05) is 61.6 Å². The van der Waals surface area contributed by atoms with Crippen LogP contribution in [0.3, 0.4) is 0 Å². The van der Waals surface area contributed by atoms with Crippen LogP contribution in [0.1, 0.15) is 51.7 Å². The van der Waals surface area contributed by atoms with Crippen LogP contribution < -0.4 is 15.4 Å². The Kier molecular flexibility index (Phi) is 14.3. The third kappa shape index (κ3) is 12.1. The molecule has 0 unspecified atom stereocenters. The van der Waals surface area contributed by atoms with Crippen molar-refractivity contribution in [3.8, 4) is 5.75 Å². The maximum absolute atomic E-state index is 13.7. The Balaban J connectivity index is 1.67. The van der Waals surface area contributed by atoms with Crippen molar-refractivity contribution in [2.24, 2.45) is 11.8 Å². The van der Waals surface area contributed by atoms with Crippen LogP contribution in [0, 0.1) is 11.8 Å². The average molecular weight is 581 g/mol. The summed E-state index contributed by atoms with van der Waals surface area (Å²) in [5.74, 6) is 1.42. The monoisotopic (exact) mass is 580 g/mol. The van der Waals surface area contributed by atoms with E-state index in [4.69, 9.17) is 9.47 Å². The predicted octanol–water partition coefficient (Wildman–Crippen LogP) is 4.13. The number of morpholine rings is 1. The first-order valence-electron chi connectivity index (χ1n) is 15.5. The molecule has 232 valence electrons. The van der Waals surface area contributed by atoms with Gasteiger partial charge in [-0.1, -0.05) is 70.2 Å². The minimum atomic E-state index is -0.675. The summed E-state index contributed by atoms with van der Waals surface area (Å²) >= 11 is 0. The molecule has 1 fully saturated rings. The number of benzene rings is 2. The van der Waals surface area contributed by atoms with E-state index in [1.54, 1.807) is 0 Å². The number of carbonyl (C=O) groups excluding carboxylic acids is 2. The fraction of sp³-hybridized carbons (Fsp3) is 0.588. The molecule has 0 aromatic heterocycles. The summed E-state index contributed by atoms with van der Waals surface area (Å²) in [4.78, 5) is 31.6. The van der Waals surface area contributed by atoms with Gasteiger partial charge in [-0.15, -0.1) is 0 Å². The summed E-state index contributed by atoms with van der Waals surface area (Å²) in [5, 5.41) is 6.21. The second kappa shape index (κ2) is 17.9. The lowest BCUT2D eigenvalue weighted by Gasteiger charge is -2.31. The largest absolute Gasteiger partial charge is 0.489 e. The van der Waals surface area contributed by atoms with Crippen molar-refractivity contribution in [1.29, 1.82) is 0 Å². The highest BCUT2D eigenvalue weighted by Gasteiger charge is 2.29. The van der Waals surface area contributed by atoms with Crippen LogP contribution in [0.2, 0.25) is 0 Å². The molecule has 0 aliphatic carbocycles. The van der Waals surface area contributed by atoms with Crippen LogP contribution in [0.4, 0.5) is 0 Å². The first-order valence-corrected chi connectivity index (χ1v) is 15.5. The van der Waals surface area contributed by atoms with E-state index in [2.05, 4.69) is 48.1 Å². The molecular formula is C34H52N4O4. The third-order valence-corrected chi connectivity index (χ3v) is 7.66. The van der Waals surface area contributed by atoms with Crippen molar-refractivity contribution in [3.63, 3.8) is 0 Å². The second-order valence-electron chi connectivity index (χ2n) is 12.2. The lowest BCUT2D eigenvalue weighted by Crippen LogP contribution is -2.55. The number of ether oxygens (including phenoxy) is 2. The van der Waals surface area contributed by atoms with E-state index in [0.29, 0.717) is 31.4 Å². The fourth-order valence-corrected chi connectivity index (χ4v) is 5.01. The summed E-state index contributed by atoms with van der Waals surface area (Å²) in [6.07, 6.45) is 2.15. The molecule has 2 aromatic rings. The van der Waals surface area contributed by atoms with Crippen LogP contribution in [-0.4, -0.2) is 86.7 Å². The molecule has 1 saturated heterocycles. The molecular weight excluding hydrogens is 528 g/mol. The van der Waals surface area contributed by atoms with Crippen LogP contribution in [-0.2, 0) is 27.4 Å². The third-order valence-electron chi connectivity index (χ3n) is 7.66. The van der Waals surface area contributed by atoms with Gasteiger partial charge in [0.15, 0.2) is 0 Å². The zero-order chi connectivity index (χ0) is 30.3. The number of hydrogen-bond donors (Lipinski definition) is 2. The molecule has 3 rings (SSSR count). The van der Waals surface area contributed by atoms with Gasteiger partial charge in [0.2, 0.25) is 11.8 Å². The lowest BCUT2D eigenvalue weighted by molar-refractivity contribution is -0.132. The zero-order valence-electron chi connectivity index (χ0n) is 26.3. The minimum Gasteiger partial charge on any atom is -0.489 e. The summed E-state index contributed by atoms with van der Waals surface area (Å²) in [5.41, 5.74) is 2.07. The first-order chi connectivity index (χ1) is 20.2. The molecule has 0 radical (unpaired) electrons. The quantitative estimate of drug-likeness (QED) is 0.293. The lowest BCUT2D eigenvalue weighted by atomic mass is 9.99. The van der Waals surface area contributed by atoms with E-state index >= 15 is 0 Å². The molecule has 8 nitrogen and oxygen atoms in total. The van der Waals surface area contributed by atoms with E-state index in [-0.39, 0.29) is 17.9 Å². The molecule has 1 aliphatic rings. The van der Waals surface area contributed by atoms with Gasteiger partial charge in [-0.05, 0) is 61.5 Å². The van der Waals surface area contributed by atoms with Gasteiger partial charge >= 0.3 is 0 Å². The topological polar surface area (TPSA) is 83.1 Å². The Hall–Kier alpha value is -2.94. The van der Waals surface area contributed by atoms with Crippen LogP contribution in [0.5, 0.6) is 5.75 Å². The van der Waals surface area contributed by atoms with E-state index in [0.717, 1.165) is 69.1 Å². The van der Waals surface area contributed by atoms with E-state index in [1.165, 1.54) is 0 Å². The summed E-state index contributed by atoms with van der Waals surface area (Å²) in [6.45, 7) is 14.5. The van der Waals surface area contributed by atoms with Gasteiger partial charge in [0, 0.05) is 32.6 Å². The van der Waals surface area contributed by atoms with Crippen molar-refractivity contribution >= 4 is 11.8 Å². The number of nitrogens with one attached hydrogen (secondary N) is 2. The maximum Gasteiger partial charge on any atom is 0.242 e. The highest BCUT2D eigenvalue weighted by atomic mass is 16.5. The Labute approximate surface area is 253 Å². The molecule has 8 heteroatoms. The number of amides is 2. The molecule has 0 saturated carbocycles. The van der Waals surface area contributed by atoms with Gasteiger partial charge in [0.1, 0.15) is 18.4 Å². The Morgan fingerprint density at radius 1 is 0.929 bits per heavy atom. The van der Waals surface area contributed by atoms with Crippen molar-refractivity contribution < 1.29 is 19.1 Å². The van der Waals surface area contributed by atoms with Gasteiger partial charge < -0.3 is 20.1 Å². The molecule has 1 heterocycles. The average Bonchev–Trinajstić information content (AvgIpc) is 2.98. The van der Waals surface area contributed by atoms with E-state index in [9.17, 15) is 9.59 Å². The molecule has 2 aromatic carbocycles. The van der Waals surface area contributed by atoms with Crippen molar-refractivity contribution in [2.75, 3.05) is 53.0 Å². The van der Waals surface area contributed by atoms with E-state index < -0.39 is 6.04 Å². The molecule has 1 aliphatic heterocycles. The van der Waals surface area contributed by atoms with Crippen LogP contribution in [0.15, 0.2) is 54.6 Å². The number of likely N-dealkylation sites (N-methyl/N-ethyl adjacent to an activating group) is 1. The van der Waals surface area contributed by atoms with Crippen molar-refractivity contribution in [3.05, 3.63) is 65.7 Å².